The largest absolute Gasteiger partial charge is 0.494 e. The zero-order valence-corrected chi connectivity index (χ0v) is 20.8. The molecule has 3 N–H and O–H groups in total. The minimum absolute atomic E-state index is 0.149. The summed E-state index contributed by atoms with van der Waals surface area (Å²) in [5.74, 6) is -1.54. The van der Waals surface area contributed by atoms with Gasteiger partial charge in [-0.05, 0) is 26.6 Å². The van der Waals surface area contributed by atoms with Crippen LogP contribution in [0.15, 0.2) is 35.3 Å². The molecule has 2 aromatic rings. The Balaban J connectivity index is 1.52. The molecule has 0 bridgehead atoms. The van der Waals surface area contributed by atoms with Crippen LogP contribution in [-0.4, -0.2) is 86.5 Å². The lowest BCUT2D eigenvalue weighted by Crippen LogP contribution is -2.30. The Morgan fingerprint density at radius 2 is 1.81 bits per heavy atom. The van der Waals surface area contributed by atoms with Crippen LogP contribution in [0.1, 0.15) is 12.0 Å². The average molecular weight is 506 g/mol. The Morgan fingerprint density at radius 1 is 1.11 bits per heavy atom. The molecule has 1 aliphatic heterocycles. The Morgan fingerprint density at radius 3 is 2.44 bits per heavy atom. The third-order valence-electron chi connectivity index (χ3n) is 5.70. The minimum Gasteiger partial charge on any atom is -0.494 e. The van der Waals surface area contributed by atoms with Crippen LogP contribution in [0.5, 0.6) is 17.2 Å². The Hall–Kier alpha value is -3.51. The number of allylic oxidation sites excluding steroid dienone is 1. The minimum atomic E-state index is -0.866. The second kappa shape index (κ2) is 13.5. The second-order valence-corrected chi connectivity index (χ2v) is 8.20. The van der Waals surface area contributed by atoms with E-state index in [1.807, 2.05) is 0 Å². The quantitative estimate of drug-likeness (QED) is 0.445. The summed E-state index contributed by atoms with van der Waals surface area (Å²) in [6.45, 7) is 5.42. The molecule has 0 saturated carbocycles. The molecule has 1 aliphatic rings. The number of nitrogens with zero attached hydrogens (tertiary/aromatic N) is 5. The number of ether oxygens (including phenoxy) is 3. The van der Waals surface area contributed by atoms with E-state index in [0.717, 1.165) is 45.2 Å². The van der Waals surface area contributed by atoms with Gasteiger partial charge < -0.3 is 35.1 Å². The van der Waals surface area contributed by atoms with Gasteiger partial charge in [0.05, 0.1) is 44.4 Å². The van der Waals surface area contributed by atoms with Gasteiger partial charge in [0, 0.05) is 38.1 Å². The van der Waals surface area contributed by atoms with E-state index in [9.17, 15) is 8.78 Å². The van der Waals surface area contributed by atoms with Crippen molar-refractivity contribution in [3.63, 3.8) is 0 Å². The first-order chi connectivity index (χ1) is 17.4. The fraction of sp³-hybridized carbons (Fsp3) is 0.458. The first kappa shape index (κ1) is 27.1. The van der Waals surface area contributed by atoms with Crippen molar-refractivity contribution in [2.24, 2.45) is 10.7 Å². The zero-order chi connectivity index (χ0) is 25.9. The lowest BCUT2D eigenvalue weighted by Gasteiger charge is -2.18. The maximum absolute atomic E-state index is 14.5. The maximum Gasteiger partial charge on any atom is 0.227 e. The van der Waals surface area contributed by atoms with Crippen LogP contribution in [0.4, 0.5) is 14.7 Å². The molecule has 1 aromatic heterocycles. The van der Waals surface area contributed by atoms with Crippen molar-refractivity contribution in [3.8, 4) is 17.2 Å². The Kier molecular flexibility index (Phi) is 10.2. The van der Waals surface area contributed by atoms with Gasteiger partial charge >= 0.3 is 0 Å². The van der Waals surface area contributed by atoms with E-state index in [0.29, 0.717) is 12.2 Å². The van der Waals surface area contributed by atoms with Crippen molar-refractivity contribution < 1.29 is 23.0 Å². The molecule has 3 rings (SSSR count). The summed E-state index contributed by atoms with van der Waals surface area (Å²) in [5.41, 5.74) is 5.90. The normalized spacial score (nSPS) is 15.6. The molecule has 0 aliphatic carbocycles. The number of aliphatic imine (C=N–C) groups is 1. The molecular formula is C24H33F2N7O3. The number of hydrogen-bond acceptors (Lipinski definition) is 10. The maximum atomic E-state index is 14.5. The molecule has 0 unspecified atom stereocenters. The van der Waals surface area contributed by atoms with Crippen LogP contribution >= 0.6 is 0 Å². The van der Waals surface area contributed by atoms with E-state index in [-0.39, 0.29) is 28.8 Å². The first-order valence-electron chi connectivity index (χ1n) is 11.6. The predicted octanol–water partition coefficient (Wildman–Crippen LogP) is 2.27. The topological polar surface area (TPSA) is 110 Å². The number of likely N-dealkylation sites (N-methyl/N-ethyl adjacent to an activating group) is 1. The Labute approximate surface area is 209 Å². The lowest BCUT2D eigenvalue weighted by atomic mass is 10.1. The highest BCUT2D eigenvalue weighted by atomic mass is 19.1. The molecule has 10 nitrogen and oxygen atoms in total. The van der Waals surface area contributed by atoms with Crippen molar-refractivity contribution in [3.05, 3.63) is 47.6 Å². The molecule has 0 spiro atoms. The van der Waals surface area contributed by atoms with E-state index in [4.69, 9.17) is 19.9 Å². The summed E-state index contributed by atoms with van der Waals surface area (Å²) in [7, 11) is 4.71. The number of rotatable bonds is 11. The number of anilines is 1. The van der Waals surface area contributed by atoms with E-state index >= 15 is 0 Å². The predicted molar refractivity (Wildman–Crippen MR) is 134 cm³/mol. The number of aromatic nitrogens is 2. The highest BCUT2D eigenvalue weighted by molar-refractivity contribution is 5.81. The van der Waals surface area contributed by atoms with E-state index in [1.54, 1.807) is 6.21 Å². The third kappa shape index (κ3) is 7.49. The molecule has 0 amide bonds. The van der Waals surface area contributed by atoms with Crippen LogP contribution < -0.4 is 25.3 Å². The van der Waals surface area contributed by atoms with Gasteiger partial charge in [-0.2, -0.15) is 0 Å². The molecule has 2 heterocycles. The molecule has 0 atom stereocenters. The van der Waals surface area contributed by atoms with Gasteiger partial charge in [-0.25, -0.2) is 18.7 Å². The Bertz CT molecular complexity index is 1020. The standard InChI is InChI=1S/C24H33F2N7O3/c1-32-6-4-7-33(10-9-32)8-5-28-13-17(12-27)31-24-29-14-18(15-30-24)36-16-19-22(25)20(34-2)11-21(35-3)23(19)26/h11-15H,4-10,16,27H2,1-3H3,(H,29,30,31)/b17-12+,28-13?. The van der Waals surface area contributed by atoms with E-state index in [2.05, 4.69) is 37.1 Å². The highest BCUT2D eigenvalue weighted by Gasteiger charge is 2.20. The van der Waals surface area contributed by atoms with Crippen LogP contribution in [0.2, 0.25) is 0 Å². The number of nitrogens with one attached hydrogen (secondary N) is 1. The van der Waals surface area contributed by atoms with Gasteiger partial charge in [0.1, 0.15) is 6.61 Å². The van der Waals surface area contributed by atoms with Crippen LogP contribution in [0.3, 0.4) is 0 Å². The molecule has 1 aromatic carbocycles. The number of nitrogens with two attached hydrogens (primary N) is 1. The van der Waals surface area contributed by atoms with Crippen molar-refractivity contribution in [1.82, 2.24) is 19.8 Å². The fourth-order valence-electron chi connectivity index (χ4n) is 3.61. The molecule has 1 fully saturated rings. The zero-order valence-electron chi connectivity index (χ0n) is 20.8. The molecule has 0 radical (unpaired) electrons. The van der Waals surface area contributed by atoms with Crippen molar-refractivity contribution >= 4 is 12.2 Å². The van der Waals surface area contributed by atoms with Crippen molar-refractivity contribution in [2.75, 3.05) is 65.9 Å². The molecular weight excluding hydrogens is 472 g/mol. The molecule has 196 valence electrons. The third-order valence-corrected chi connectivity index (χ3v) is 5.70. The number of halogens is 2. The van der Waals surface area contributed by atoms with Gasteiger partial charge in [-0.3, -0.25) is 4.99 Å². The molecule has 1 saturated heterocycles. The van der Waals surface area contributed by atoms with Gasteiger partial charge in [-0.1, -0.05) is 0 Å². The van der Waals surface area contributed by atoms with Crippen molar-refractivity contribution in [1.29, 1.82) is 0 Å². The van der Waals surface area contributed by atoms with Gasteiger partial charge in [0.15, 0.2) is 28.9 Å². The van der Waals surface area contributed by atoms with E-state index in [1.165, 1.54) is 32.8 Å². The molecule has 12 heteroatoms. The number of methoxy groups -OCH3 is 2. The van der Waals surface area contributed by atoms with Crippen LogP contribution in [-0.2, 0) is 6.61 Å². The summed E-state index contributed by atoms with van der Waals surface area (Å²) in [6.07, 6.45) is 6.93. The summed E-state index contributed by atoms with van der Waals surface area (Å²) in [4.78, 5) is 17.5. The monoisotopic (exact) mass is 505 g/mol. The van der Waals surface area contributed by atoms with Crippen LogP contribution in [0.25, 0.3) is 0 Å². The summed E-state index contributed by atoms with van der Waals surface area (Å²) >= 11 is 0. The van der Waals surface area contributed by atoms with Crippen LogP contribution in [0, 0.1) is 11.6 Å². The summed E-state index contributed by atoms with van der Waals surface area (Å²) < 4.78 is 44.3. The van der Waals surface area contributed by atoms with Gasteiger partial charge in [-0.15, -0.1) is 0 Å². The van der Waals surface area contributed by atoms with Crippen molar-refractivity contribution in [2.45, 2.75) is 13.0 Å². The highest BCUT2D eigenvalue weighted by Crippen LogP contribution is 2.31. The second-order valence-electron chi connectivity index (χ2n) is 8.20. The molecule has 36 heavy (non-hydrogen) atoms. The number of hydrogen-bond donors (Lipinski definition) is 2. The summed E-state index contributed by atoms with van der Waals surface area (Å²) in [5, 5.41) is 2.97. The SMILES string of the molecule is COc1cc(OC)c(F)c(COc2cnc(N/C(C=NCCN3CCCN(C)CC3)=C/N)nc2)c1F. The average Bonchev–Trinajstić information content (AvgIpc) is 3.10. The smallest absolute Gasteiger partial charge is 0.227 e. The summed E-state index contributed by atoms with van der Waals surface area (Å²) in [6, 6.07) is 1.14. The van der Waals surface area contributed by atoms with E-state index < -0.39 is 18.2 Å². The first-order valence-corrected chi connectivity index (χ1v) is 11.6. The van der Waals surface area contributed by atoms with Gasteiger partial charge in [0.2, 0.25) is 5.95 Å². The lowest BCUT2D eigenvalue weighted by molar-refractivity contribution is 0.280. The fourth-order valence-corrected chi connectivity index (χ4v) is 3.61. The number of benzene rings is 1. The van der Waals surface area contributed by atoms with Gasteiger partial charge in [0.25, 0.3) is 0 Å².